The van der Waals surface area contributed by atoms with E-state index in [9.17, 15) is 4.39 Å². The molecule has 0 spiro atoms. The Morgan fingerprint density at radius 1 is 0.949 bits per heavy atom. The van der Waals surface area contributed by atoms with E-state index in [1.807, 2.05) is 24.3 Å². The van der Waals surface area contributed by atoms with Crippen molar-refractivity contribution in [3.05, 3.63) is 73.1 Å². The summed E-state index contributed by atoms with van der Waals surface area (Å²) in [5.41, 5.74) is 5.76. The van der Waals surface area contributed by atoms with Crippen molar-refractivity contribution in [2.24, 2.45) is 0 Å². The van der Waals surface area contributed by atoms with Crippen LogP contribution in [0.2, 0.25) is 0 Å². The standard InChI is InChI=1S/C29H25FN8O/c30-21-5-3-4-18(12-21)25-27-24(6-7-32-25)34-29(35-27)26-23-14-20(16-33-28(23)37-36-26)19-13-22(17-31-15-19)39-11-10-38-8-1-2-9-38/h3-7,12-17H,1-2,8-11H2,(H,34,35)(H,33,36,37). The lowest BCUT2D eigenvalue weighted by molar-refractivity contribution is 0.237. The van der Waals surface area contributed by atoms with E-state index >= 15 is 0 Å². The minimum absolute atomic E-state index is 0.323. The number of nitrogens with zero attached hydrogens (tertiary/aromatic N) is 6. The van der Waals surface area contributed by atoms with Gasteiger partial charge in [0, 0.05) is 41.8 Å². The molecule has 1 aliphatic heterocycles. The number of pyridine rings is 3. The fourth-order valence-corrected chi connectivity index (χ4v) is 5.09. The fourth-order valence-electron chi connectivity index (χ4n) is 5.09. The van der Waals surface area contributed by atoms with E-state index in [1.54, 1.807) is 30.9 Å². The highest BCUT2D eigenvalue weighted by Gasteiger charge is 2.17. The third kappa shape index (κ3) is 4.59. The van der Waals surface area contributed by atoms with Crippen molar-refractivity contribution < 1.29 is 9.13 Å². The zero-order valence-electron chi connectivity index (χ0n) is 21.1. The molecule has 0 unspecified atom stereocenters. The normalized spacial score (nSPS) is 14.0. The third-order valence-electron chi connectivity index (χ3n) is 7.07. The van der Waals surface area contributed by atoms with Crippen molar-refractivity contribution in [1.82, 2.24) is 40.0 Å². The SMILES string of the molecule is Fc1cccc(-c2nccc3[nH]c(-c4[nH]nc5ncc(-c6cncc(OCCN7CCCC7)c6)cc45)nc23)c1. The highest BCUT2D eigenvalue weighted by Crippen LogP contribution is 2.32. The van der Waals surface area contributed by atoms with Gasteiger partial charge in [0.2, 0.25) is 0 Å². The Balaban J connectivity index is 1.20. The summed E-state index contributed by atoms with van der Waals surface area (Å²) in [5, 5.41) is 8.27. The van der Waals surface area contributed by atoms with Gasteiger partial charge in [0.05, 0.1) is 22.8 Å². The van der Waals surface area contributed by atoms with Gasteiger partial charge >= 0.3 is 0 Å². The van der Waals surface area contributed by atoms with E-state index in [2.05, 4.69) is 35.0 Å². The summed E-state index contributed by atoms with van der Waals surface area (Å²) in [6.45, 7) is 3.85. The second kappa shape index (κ2) is 9.88. The molecule has 6 aromatic rings. The zero-order valence-corrected chi connectivity index (χ0v) is 21.1. The van der Waals surface area contributed by atoms with Gasteiger partial charge in [0.15, 0.2) is 11.5 Å². The molecule has 9 nitrogen and oxygen atoms in total. The summed E-state index contributed by atoms with van der Waals surface area (Å²) >= 11 is 0. The lowest BCUT2D eigenvalue weighted by Crippen LogP contribution is -2.25. The lowest BCUT2D eigenvalue weighted by atomic mass is 10.1. The van der Waals surface area contributed by atoms with Crippen LogP contribution in [-0.2, 0) is 0 Å². The van der Waals surface area contributed by atoms with E-state index < -0.39 is 0 Å². The maximum Gasteiger partial charge on any atom is 0.181 e. The summed E-state index contributed by atoms with van der Waals surface area (Å²) in [5.74, 6) is 0.999. The number of benzene rings is 1. The first-order valence-corrected chi connectivity index (χ1v) is 13.0. The number of aromatic amines is 2. The van der Waals surface area contributed by atoms with Crippen LogP contribution in [-0.4, -0.2) is 66.3 Å². The van der Waals surface area contributed by atoms with Crippen molar-refractivity contribution in [2.45, 2.75) is 12.8 Å². The largest absolute Gasteiger partial charge is 0.491 e. The third-order valence-corrected chi connectivity index (χ3v) is 7.07. The number of rotatable bonds is 7. The molecule has 10 heteroatoms. The van der Waals surface area contributed by atoms with Crippen LogP contribution in [0.4, 0.5) is 4.39 Å². The van der Waals surface area contributed by atoms with E-state index in [1.165, 1.54) is 25.0 Å². The molecule has 39 heavy (non-hydrogen) atoms. The quantitative estimate of drug-likeness (QED) is 0.296. The molecule has 1 fully saturated rings. The van der Waals surface area contributed by atoms with Gasteiger partial charge < -0.3 is 9.72 Å². The summed E-state index contributed by atoms with van der Waals surface area (Å²) < 4.78 is 19.9. The van der Waals surface area contributed by atoms with Gasteiger partial charge in [0.1, 0.15) is 29.4 Å². The number of hydrogen-bond acceptors (Lipinski definition) is 7. The maximum absolute atomic E-state index is 13.9. The second-order valence-electron chi connectivity index (χ2n) is 9.65. The van der Waals surface area contributed by atoms with Crippen molar-refractivity contribution >= 4 is 22.1 Å². The molecule has 0 bridgehead atoms. The summed E-state index contributed by atoms with van der Waals surface area (Å²) in [6.07, 6.45) is 9.53. The van der Waals surface area contributed by atoms with Gasteiger partial charge in [-0.15, -0.1) is 0 Å². The molecular weight excluding hydrogens is 495 g/mol. The number of H-pyrrole nitrogens is 2. The van der Waals surface area contributed by atoms with E-state index in [0.717, 1.165) is 47.4 Å². The van der Waals surface area contributed by atoms with Crippen LogP contribution in [0.25, 0.3) is 56.0 Å². The number of likely N-dealkylation sites (tertiary alicyclic amines) is 1. The Hall–Kier alpha value is -4.70. The Labute approximate surface area is 223 Å². The minimum Gasteiger partial charge on any atom is -0.491 e. The molecule has 5 aromatic heterocycles. The van der Waals surface area contributed by atoms with Crippen LogP contribution in [0.1, 0.15) is 12.8 Å². The van der Waals surface area contributed by atoms with Crippen LogP contribution < -0.4 is 4.74 Å². The molecule has 6 heterocycles. The van der Waals surface area contributed by atoms with Gasteiger partial charge in [-0.2, -0.15) is 5.10 Å². The minimum atomic E-state index is -0.323. The predicted molar refractivity (Wildman–Crippen MR) is 147 cm³/mol. The summed E-state index contributed by atoms with van der Waals surface area (Å²) in [6, 6.07) is 12.2. The van der Waals surface area contributed by atoms with Gasteiger partial charge in [-0.05, 0) is 56.3 Å². The number of nitrogens with one attached hydrogen (secondary N) is 2. The number of fused-ring (bicyclic) bond motifs is 2. The Morgan fingerprint density at radius 2 is 1.85 bits per heavy atom. The highest BCUT2D eigenvalue weighted by atomic mass is 19.1. The molecule has 0 saturated carbocycles. The number of aromatic nitrogens is 7. The first kappa shape index (κ1) is 23.4. The second-order valence-corrected chi connectivity index (χ2v) is 9.65. The maximum atomic E-state index is 13.9. The van der Waals surface area contributed by atoms with Gasteiger partial charge in [-0.3, -0.25) is 20.0 Å². The van der Waals surface area contributed by atoms with E-state index in [0.29, 0.717) is 40.5 Å². The number of hydrogen-bond donors (Lipinski definition) is 2. The molecule has 194 valence electrons. The Morgan fingerprint density at radius 3 is 2.74 bits per heavy atom. The molecule has 7 rings (SSSR count). The van der Waals surface area contributed by atoms with E-state index in [4.69, 9.17) is 9.72 Å². The first-order valence-electron chi connectivity index (χ1n) is 13.0. The van der Waals surface area contributed by atoms with Crippen molar-refractivity contribution in [3.63, 3.8) is 0 Å². The fraction of sp³-hybridized carbons (Fsp3) is 0.207. The molecule has 1 saturated heterocycles. The molecule has 2 N–H and O–H groups in total. The van der Waals surface area contributed by atoms with Crippen molar-refractivity contribution in [2.75, 3.05) is 26.2 Å². The molecule has 1 aromatic carbocycles. The number of ether oxygens (including phenoxy) is 1. The van der Waals surface area contributed by atoms with E-state index in [-0.39, 0.29) is 5.82 Å². The van der Waals surface area contributed by atoms with Gasteiger partial charge in [-0.25, -0.2) is 14.4 Å². The molecule has 0 aliphatic carbocycles. The highest BCUT2D eigenvalue weighted by molar-refractivity contribution is 5.96. The smallest absolute Gasteiger partial charge is 0.181 e. The molecule has 0 radical (unpaired) electrons. The molecule has 0 amide bonds. The van der Waals surface area contributed by atoms with Gasteiger partial charge in [-0.1, -0.05) is 12.1 Å². The molecular formula is C29H25FN8O. The van der Waals surface area contributed by atoms with Crippen LogP contribution in [0.5, 0.6) is 5.75 Å². The van der Waals surface area contributed by atoms with Crippen LogP contribution in [0, 0.1) is 5.82 Å². The van der Waals surface area contributed by atoms with Crippen molar-refractivity contribution in [1.29, 1.82) is 0 Å². The zero-order chi connectivity index (χ0) is 26.2. The Kier molecular flexibility index (Phi) is 5.93. The summed E-state index contributed by atoms with van der Waals surface area (Å²) in [4.78, 5) is 24.0. The van der Waals surface area contributed by atoms with Crippen LogP contribution >= 0.6 is 0 Å². The van der Waals surface area contributed by atoms with Gasteiger partial charge in [0.25, 0.3) is 0 Å². The summed E-state index contributed by atoms with van der Waals surface area (Å²) in [7, 11) is 0. The van der Waals surface area contributed by atoms with Crippen LogP contribution in [0.3, 0.4) is 0 Å². The number of halogens is 1. The molecule has 0 atom stereocenters. The number of imidazole rings is 1. The lowest BCUT2D eigenvalue weighted by Gasteiger charge is -2.15. The first-order chi connectivity index (χ1) is 19.2. The average Bonchev–Trinajstić information content (AvgIpc) is 3.72. The Bertz CT molecular complexity index is 1790. The topological polar surface area (TPSA) is 108 Å². The predicted octanol–water partition coefficient (Wildman–Crippen LogP) is 5.24. The van der Waals surface area contributed by atoms with Crippen molar-refractivity contribution in [3.8, 4) is 39.7 Å². The molecule has 1 aliphatic rings. The average molecular weight is 521 g/mol. The monoisotopic (exact) mass is 520 g/mol. The van der Waals surface area contributed by atoms with Crippen LogP contribution in [0.15, 0.2) is 67.3 Å².